The van der Waals surface area contributed by atoms with E-state index in [0.29, 0.717) is 11.5 Å². The second kappa shape index (κ2) is 7.76. The van der Waals surface area contributed by atoms with Gasteiger partial charge in [-0.15, -0.1) is 0 Å². The molecular weight excluding hydrogens is 384 g/mol. The topological polar surface area (TPSA) is 52.6 Å². The van der Waals surface area contributed by atoms with Crippen molar-refractivity contribution in [2.45, 2.75) is 18.2 Å². The Bertz CT molecular complexity index is 1160. The van der Waals surface area contributed by atoms with E-state index < -0.39 is 9.84 Å². The first-order chi connectivity index (χ1) is 14.0. The molecule has 1 aliphatic heterocycles. The van der Waals surface area contributed by atoms with Gasteiger partial charge in [-0.3, -0.25) is 0 Å². The molecule has 0 unspecified atom stereocenters. The molecule has 0 atom stereocenters. The third kappa shape index (κ3) is 4.05. The lowest BCUT2D eigenvalue weighted by Gasteiger charge is -2.24. The summed E-state index contributed by atoms with van der Waals surface area (Å²) in [4.78, 5) is 0.292. The summed E-state index contributed by atoms with van der Waals surface area (Å²) < 4.78 is 35.4. The number of fused-ring (bicyclic) bond motifs is 1. The van der Waals surface area contributed by atoms with Crippen LogP contribution in [0.15, 0.2) is 77.7 Å². The number of ether oxygens (including phenoxy) is 2. The number of benzene rings is 3. The van der Waals surface area contributed by atoms with Gasteiger partial charge < -0.3 is 9.47 Å². The van der Waals surface area contributed by atoms with Crippen molar-refractivity contribution in [2.24, 2.45) is 0 Å². The predicted molar refractivity (Wildman–Crippen MR) is 115 cm³/mol. The largest absolute Gasteiger partial charge is 0.494 e. The highest BCUT2D eigenvalue weighted by Crippen LogP contribution is 2.39. The van der Waals surface area contributed by atoms with Crippen LogP contribution in [0.25, 0.3) is 11.3 Å². The minimum absolute atomic E-state index is 0.292. The van der Waals surface area contributed by atoms with Crippen LogP contribution < -0.4 is 9.47 Å². The van der Waals surface area contributed by atoms with Crippen LogP contribution in [0.5, 0.6) is 11.5 Å². The Labute approximate surface area is 171 Å². The third-order valence-electron chi connectivity index (χ3n) is 4.88. The molecule has 1 heterocycles. The highest BCUT2D eigenvalue weighted by Gasteiger charge is 2.22. The van der Waals surface area contributed by atoms with Gasteiger partial charge in [0.05, 0.1) is 11.5 Å². The van der Waals surface area contributed by atoms with Gasteiger partial charge in [0.1, 0.15) is 17.3 Å². The summed E-state index contributed by atoms with van der Waals surface area (Å²) >= 11 is 0. The first-order valence-electron chi connectivity index (χ1n) is 9.48. The molecule has 3 aromatic rings. The Morgan fingerprint density at radius 3 is 2.21 bits per heavy atom. The molecule has 0 aromatic heterocycles. The SMILES string of the molecule is CCOc1ccc(C2=C(c3ccc(S(C)(=O)=O)cc3)Oc3ccccc3C2)cc1. The maximum atomic E-state index is 11.8. The van der Waals surface area contributed by atoms with Gasteiger partial charge in [0.25, 0.3) is 0 Å². The molecule has 5 heteroatoms. The van der Waals surface area contributed by atoms with Crippen molar-refractivity contribution in [1.82, 2.24) is 0 Å². The summed E-state index contributed by atoms with van der Waals surface area (Å²) in [5, 5.41) is 0. The number of hydrogen-bond acceptors (Lipinski definition) is 4. The van der Waals surface area contributed by atoms with Crippen molar-refractivity contribution in [3.63, 3.8) is 0 Å². The molecule has 0 saturated carbocycles. The van der Waals surface area contributed by atoms with E-state index in [1.807, 2.05) is 49.4 Å². The molecule has 0 spiro atoms. The summed E-state index contributed by atoms with van der Waals surface area (Å²) in [6.07, 6.45) is 1.94. The van der Waals surface area contributed by atoms with E-state index in [1.165, 1.54) is 6.26 Å². The van der Waals surface area contributed by atoms with E-state index in [0.717, 1.165) is 45.9 Å². The van der Waals surface area contributed by atoms with Crippen molar-refractivity contribution < 1.29 is 17.9 Å². The molecule has 3 aromatic carbocycles. The van der Waals surface area contributed by atoms with E-state index in [9.17, 15) is 8.42 Å². The Hall–Kier alpha value is -3.05. The van der Waals surface area contributed by atoms with Gasteiger partial charge in [-0.1, -0.05) is 30.3 Å². The number of para-hydroxylation sites is 1. The number of hydrogen-bond donors (Lipinski definition) is 0. The van der Waals surface area contributed by atoms with Crippen LogP contribution in [0.4, 0.5) is 0 Å². The quantitative estimate of drug-likeness (QED) is 0.599. The molecule has 0 fully saturated rings. The van der Waals surface area contributed by atoms with E-state index in [-0.39, 0.29) is 0 Å². The van der Waals surface area contributed by atoms with Crippen LogP contribution in [-0.4, -0.2) is 21.3 Å². The van der Waals surface area contributed by atoms with Crippen molar-refractivity contribution >= 4 is 21.2 Å². The van der Waals surface area contributed by atoms with Crippen LogP contribution in [0.1, 0.15) is 23.6 Å². The summed E-state index contributed by atoms with van der Waals surface area (Å²) in [5.41, 5.74) is 4.06. The molecule has 0 amide bonds. The zero-order valence-electron chi connectivity index (χ0n) is 16.4. The van der Waals surface area contributed by atoms with Crippen molar-refractivity contribution in [3.05, 3.63) is 89.5 Å². The van der Waals surface area contributed by atoms with E-state index >= 15 is 0 Å². The van der Waals surface area contributed by atoms with Gasteiger partial charge >= 0.3 is 0 Å². The summed E-state index contributed by atoms with van der Waals surface area (Å²) in [6.45, 7) is 2.58. The Kier molecular flexibility index (Phi) is 5.16. The smallest absolute Gasteiger partial charge is 0.175 e. The fraction of sp³-hybridized carbons (Fsp3) is 0.167. The standard InChI is InChI=1S/C24H22O4S/c1-3-27-20-12-8-17(9-13-20)22-16-19-6-4-5-7-23(19)28-24(22)18-10-14-21(15-11-18)29(2,25)26/h4-15H,3,16H2,1-2H3. The molecule has 0 aliphatic carbocycles. The fourth-order valence-electron chi connectivity index (χ4n) is 3.43. The zero-order valence-corrected chi connectivity index (χ0v) is 17.2. The van der Waals surface area contributed by atoms with E-state index in [1.54, 1.807) is 24.3 Å². The predicted octanol–water partition coefficient (Wildman–Crippen LogP) is 4.99. The van der Waals surface area contributed by atoms with Crippen molar-refractivity contribution in [1.29, 1.82) is 0 Å². The lowest BCUT2D eigenvalue weighted by atomic mass is 9.92. The normalized spacial score (nSPS) is 13.6. The van der Waals surface area contributed by atoms with Crippen LogP contribution in [0, 0.1) is 0 Å². The van der Waals surface area contributed by atoms with Crippen LogP contribution in [0.2, 0.25) is 0 Å². The highest BCUT2D eigenvalue weighted by molar-refractivity contribution is 7.90. The Balaban J connectivity index is 1.80. The number of sulfone groups is 1. The lowest BCUT2D eigenvalue weighted by molar-refractivity contribution is 0.340. The molecule has 0 radical (unpaired) electrons. The monoisotopic (exact) mass is 406 g/mol. The minimum atomic E-state index is -3.25. The summed E-state index contributed by atoms with van der Waals surface area (Å²) in [5.74, 6) is 2.39. The molecular formula is C24H22O4S. The average Bonchev–Trinajstić information content (AvgIpc) is 2.73. The van der Waals surface area contributed by atoms with Gasteiger partial charge in [-0.25, -0.2) is 8.42 Å². The molecule has 1 aliphatic rings. The maximum Gasteiger partial charge on any atom is 0.175 e. The second-order valence-corrected chi connectivity index (χ2v) is 8.96. The van der Waals surface area contributed by atoms with Crippen molar-refractivity contribution in [3.8, 4) is 11.5 Å². The first kappa shape index (κ1) is 19.3. The molecule has 0 bridgehead atoms. The second-order valence-electron chi connectivity index (χ2n) is 6.95. The summed E-state index contributed by atoms with van der Waals surface area (Å²) in [7, 11) is -3.25. The molecule has 29 heavy (non-hydrogen) atoms. The van der Waals surface area contributed by atoms with Gasteiger partial charge in [0.2, 0.25) is 0 Å². The molecule has 0 saturated heterocycles. The van der Waals surface area contributed by atoms with E-state index in [4.69, 9.17) is 9.47 Å². The molecule has 4 nitrogen and oxygen atoms in total. The van der Waals surface area contributed by atoms with Gasteiger partial charge in [-0.05, 0) is 60.5 Å². The van der Waals surface area contributed by atoms with Gasteiger partial charge in [-0.2, -0.15) is 0 Å². The highest BCUT2D eigenvalue weighted by atomic mass is 32.2. The average molecular weight is 407 g/mol. The lowest BCUT2D eigenvalue weighted by Crippen LogP contribution is -2.09. The third-order valence-corrected chi connectivity index (χ3v) is 6.01. The van der Waals surface area contributed by atoms with E-state index in [2.05, 4.69) is 6.07 Å². The van der Waals surface area contributed by atoms with Gasteiger partial charge in [0, 0.05) is 23.8 Å². The minimum Gasteiger partial charge on any atom is -0.494 e. The number of rotatable bonds is 5. The maximum absolute atomic E-state index is 11.8. The molecule has 4 rings (SSSR count). The number of allylic oxidation sites excluding steroid dienone is 1. The zero-order chi connectivity index (χ0) is 20.4. The van der Waals surface area contributed by atoms with Crippen LogP contribution in [0.3, 0.4) is 0 Å². The van der Waals surface area contributed by atoms with Crippen molar-refractivity contribution in [2.75, 3.05) is 12.9 Å². The molecule has 148 valence electrons. The Morgan fingerprint density at radius 2 is 1.55 bits per heavy atom. The van der Waals surface area contributed by atoms with Crippen LogP contribution >= 0.6 is 0 Å². The Morgan fingerprint density at radius 1 is 0.897 bits per heavy atom. The first-order valence-corrected chi connectivity index (χ1v) is 11.4. The fourth-order valence-corrected chi connectivity index (χ4v) is 4.06. The molecule has 0 N–H and O–H groups in total. The van der Waals surface area contributed by atoms with Crippen LogP contribution in [-0.2, 0) is 16.3 Å². The van der Waals surface area contributed by atoms with Gasteiger partial charge in [0.15, 0.2) is 9.84 Å². The summed E-state index contributed by atoms with van der Waals surface area (Å²) in [6, 6.07) is 22.8.